The number of rotatable bonds is 3. The standard InChI is InChI=1S/C12H26N2/c1-10(2)14(5)12(9-13)8-6-7-11(12,3)4/h10H,6-9,13H2,1-5H3. The molecule has 0 heterocycles. The Morgan fingerprint density at radius 1 is 1.29 bits per heavy atom. The maximum absolute atomic E-state index is 6.04. The molecule has 0 saturated heterocycles. The van der Waals surface area contributed by atoms with Crippen molar-refractivity contribution in [2.45, 2.75) is 58.5 Å². The van der Waals surface area contributed by atoms with Crippen molar-refractivity contribution in [2.24, 2.45) is 11.1 Å². The molecule has 0 radical (unpaired) electrons. The second-order valence-corrected chi connectivity index (χ2v) is 5.68. The largest absolute Gasteiger partial charge is 0.329 e. The predicted octanol–water partition coefficient (Wildman–Crippen LogP) is 2.23. The Hall–Kier alpha value is -0.0800. The van der Waals surface area contributed by atoms with E-state index in [0.29, 0.717) is 11.5 Å². The molecule has 0 aliphatic heterocycles. The van der Waals surface area contributed by atoms with Gasteiger partial charge in [0, 0.05) is 18.1 Å². The normalized spacial score (nSPS) is 31.7. The van der Waals surface area contributed by atoms with Crippen molar-refractivity contribution in [3.8, 4) is 0 Å². The van der Waals surface area contributed by atoms with Crippen molar-refractivity contribution < 1.29 is 0 Å². The summed E-state index contributed by atoms with van der Waals surface area (Å²) in [7, 11) is 2.23. The molecule has 1 atom stereocenters. The van der Waals surface area contributed by atoms with Crippen molar-refractivity contribution in [1.29, 1.82) is 0 Å². The average molecular weight is 198 g/mol. The summed E-state index contributed by atoms with van der Waals surface area (Å²) >= 11 is 0. The first-order chi connectivity index (χ1) is 6.37. The van der Waals surface area contributed by atoms with Crippen LogP contribution < -0.4 is 5.73 Å². The van der Waals surface area contributed by atoms with E-state index in [0.717, 1.165) is 6.54 Å². The monoisotopic (exact) mass is 198 g/mol. The molecule has 0 bridgehead atoms. The van der Waals surface area contributed by atoms with E-state index in [1.54, 1.807) is 0 Å². The number of hydrogen-bond donors (Lipinski definition) is 1. The van der Waals surface area contributed by atoms with Crippen LogP contribution in [0.2, 0.25) is 0 Å². The van der Waals surface area contributed by atoms with Gasteiger partial charge in [-0.15, -0.1) is 0 Å². The van der Waals surface area contributed by atoms with E-state index in [1.165, 1.54) is 19.3 Å². The summed E-state index contributed by atoms with van der Waals surface area (Å²) in [4.78, 5) is 2.49. The summed E-state index contributed by atoms with van der Waals surface area (Å²) in [5.74, 6) is 0. The van der Waals surface area contributed by atoms with Crippen molar-refractivity contribution in [3.63, 3.8) is 0 Å². The summed E-state index contributed by atoms with van der Waals surface area (Å²) < 4.78 is 0. The van der Waals surface area contributed by atoms with Crippen LogP contribution in [-0.2, 0) is 0 Å². The third kappa shape index (κ3) is 1.59. The van der Waals surface area contributed by atoms with Gasteiger partial charge in [0.1, 0.15) is 0 Å². The SMILES string of the molecule is CC(C)N(C)C1(CN)CCCC1(C)C. The molecule has 0 aromatic heterocycles. The predicted molar refractivity (Wildman–Crippen MR) is 62.3 cm³/mol. The minimum absolute atomic E-state index is 0.223. The third-order valence-electron chi connectivity index (χ3n) is 4.44. The van der Waals surface area contributed by atoms with E-state index in [4.69, 9.17) is 5.73 Å². The highest BCUT2D eigenvalue weighted by Gasteiger charge is 2.50. The molecule has 2 N–H and O–H groups in total. The summed E-state index contributed by atoms with van der Waals surface area (Å²) in [6.45, 7) is 10.0. The summed E-state index contributed by atoms with van der Waals surface area (Å²) in [6, 6.07) is 0.580. The lowest BCUT2D eigenvalue weighted by Crippen LogP contribution is -2.60. The first kappa shape index (κ1) is 12.0. The first-order valence-corrected chi connectivity index (χ1v) is 5.80. The highest BCUT2D eigenvalue weighted by molar-refractivity contribution is 5.06. The first-order valence-electron chi connectivity index (χ1n) is 5.80. The summed E-state index contributed by atoms with van der Waals surface area (Å²) in [5.41, 5.74) is 6.63. The zero-order valence-electron chi connectivity index (χ0n) is 10.4. The molecule has 1 aliphatic rings. The van der Waals surface area contributed by atoms with Gasteiger partial charge in [0.25, 0.3) is 0 Å². The van der Waals surface area contributed by atoms with Gasteiger partial charge in [-0.1, -0.05) is 20.3 Å². The maximum Gasteiger partial charge on any atom is 0.0382 e. The van der Waals surface area contributed by atoms with Crippen molar-refractivity contribution in [2.75, 3.05) is 13.6 Å². The van der Waals surface area contributed by atoms with E-state index < -0.39 is 0 Å². The lowest BCUT2D eigenvalue weighted by atomic mass is 9.73. The van der Waals surface area contributed by atoms with Crippen LogP contribution in [0.5, 0.6) is 0 Å². The van der Waals surface area contributed by atoms with Gasteiger partial charge in [-0.3, -0.25) is 4.90 Å². The fourth-order valence-electron chi connectivity index (χ4n) is 3.06. The molecule has 1 rings (SSSR count). The van der Waals surface area contributed by atoms with Gasteiger partial charge in [-0.2, -0.15) is 0 Å². The quantitative estimate of drug-likeness (QED) is 0.753. The molecule has 1 aliphatic carbocycles. The van der Waals surface area contributed by atoms with Gasteiger partial charge >= 0.3 is 0 Å². The van der Waals surface area contributed by atoms with Gasteiger partial charge in [0.2, 0.25) is 0 Å². The molecular weight excluding hydrogens is 172 g/mol. The highest BCUT2D eigenvalue weighted by Crippen LogP contribution is 2.49. The maximum atomic E-state index is 6.04. The molecule has 1 unspecified atom stereocenters. The third-order valence-corrected chi connectivity index (χ3v) is 4.44. The van der Waals surface area contributed by atoms with Gasteiger partial charge < -0.3 is 5.73 Å². The summed E-state index contributed by atoms with van der Waals surface area (Å²) in [5, 5.41) is 0. The number of hydrogen-bond acceptors (Lipinski definition) is 2. The molecule has 1 saturated carbocycles. The Morgan fingerprint density at radius 3 is 2.14 bits per heavy atom. The highest BCUT2D eigenvalue weighted by atomic mass is 15.2. The van der Waals surface area contributed by atoms with E-state index >= 15 is 0 Å². The van der Waals surface area contributed by atoms with Gasteiger partial charge in [-0.25, -0.2) is 0 Å². The Balaban J connectivity index is 2.96. The van der Waals surface area contributed by atoms with Crippen LogP contribution in [-0.4, -0.2) is 30.1 Å². The van der Waals surface area contributed by atoms with E-state index in [1.807, 2.05) is 0 Å². The van der Waals surface area contributed by atoms with E-state index in [2.05, 4.69) is 39.6 Å². The molecule has 14 heavy (non-hydrogen) atoms. The Kier molecular flexibility index (Phi) is 3.27. The van der Waals surface area contributed by atoms with Crippen LogP contribution >= 0.6 is 0 Å². The molecule has 84 valence electrons. The van der Waals surface area contributed by atoms with Crippen LogP contribution in [0.4, 0.5) is 0 Å². The molecule has 0 aromatic rings. The number of nitrogens with zero attached hydrogens (tertiary/aromatic N) is 1. The van der Waals surface area contributed by atoms with E-state index in [-0.39, 0.29) is 5.54 Å². The fourth-order valence-corrected chi connectivity index (χ4v) is 3.06. The van der Waals surface area contributed by atoms with Crippen molar-refractivity contribution >= 4 is 0 Å². The number of likely N-dealkylation sites (N-methyl/N-ethyl adjacent to an activating group) is 1. The molecule has 0 amide bonds. The van der Waals surface area contributed by atoms with Crippen molar-refractivity contribution in [3.05, 3.63) is 0 Å². The smallest absolute Gasteiger partial charge is 0.0382 e. The molecular formula is C12H26N2. The van der Waals surface area contributed by atoms with Crippen LogP contribution in [0.1, 0.15) is 47.0 Å². The summed E-state index contributed by atoms with van der Waals surface area (Å²) in [6.07, 6.45) is 3.88. The fraction of sp³-hybridized carbons (Fsp3) is 1.00. The van der Waals surface area contributed by atoms with Crippen LogP contribution in [0.3, 0.4) is 0 Å². The number of nitrogens with two attached hydrogens (primary N) is 1. The Morgan fingerprint density at radius 2 is 1.86 bits per heavy atom. The zero-order chi connectivity index (χ0) is 11.0. The Bertz CT molecular complexity index is 198. The Labute approximate surface area is 88.8 Å². The molecule has 1 fully saturated rings. The van der Waals surface area contributed by atoms with Crippen LogP contribution in [0.25, 0.3) is 0 Å². The second-order valence-electron chi connectivity index (χ2n) is 5.68. The lowest BCUT2D eigenvalue weighted by molar-refractivity contribution is 0.0118. The van der Waals surface area contributed by atoms with Crippen molar-refractivity contribution in [1.82, 2.24) is 4.90 Å². The lowest BCUT2D eigenvalue weighted by Gasteiger charge is -2.49. The molecule has 0 spiro atoms. The average Bonchev–Trinajstić information content (AvgIpc) is 2.40. The van der Waals surface area contributed by atoms with Gasteiger partial charge in [-0.05, 0) is 39.2 Å². The topological polar surface area (TPSA) is 29.3 Å². The zero-order valence-corrected chi connectivity index (χ0v) is 10.4. The molecule has 2 heteroatoms. The minimum Gasteiger partial charge on any atom is -0.329 e. The van der Waals surface area contributed by atoms with Gasteiger partial charge in [0.15, 0.2) is 0 Å². The van der Waals surface area contributed by atoms with Gasteiger partial charge in [0.05, 0.1) is 0 Å². The molecule has 2 nitrogen and oxygen atoms in total. The molecule has 0 aromatic carbocycles. The van der Waals surface area contributed by atoms with E-state index in [9.17, 15) is 0 Å². The second kappa shape index (κ2) is 3.82. The van der Waals surface area contributed by atoms with Crippen LogP contribution in [0.15, 0.2) is 0 Å². The minimum atomic E-state index is 0.223. The van der Waals surface area contributed by atoms with Crippen LogP contribution in [0, 0.1) is 5.41 Å².